The Labute approximate surface area is 121 Å². The van der Waals surface area contributed by atoms with Crippen molar-refractivity contribution in [1.29, 1.82) is 0 Å². The minimum Gasteiger partial charge on any atom is -0.325 e. The molecule has 1 heterocycles. The molecule has 0 bridgehead atoms. The fourth-order valence-electron chi connectivity index (χ4n) is 1.84. The molecule has 0 radical (unpaired) electrons. The van der Waals surface area contributed by atoms with E-state index in [0.29, 0.717) is 10.7 Å². The Morgan fingerprint density at radius 2 is 1.85 bits per heavy atom. The van der Waals surface area contributed by atoms with Gasteiger partial charge in [-0.15, -0.1) is 4.40 Å². The first-order valence-electron chi connectivity index (χ1n) is 5.78. The Balaban J connectivity index is 1.98. The van der Waals surface area contributed by atoms with Crippen molar-refractivity contribution in [1.82, 2.24) is 0 Å². The van der Waals surface area contributed by atoms with Crippen LogP contribution < -0.4 is 10.6 Å². The van der Waals surface area contributed by atoms with Crippen LogP contribution in [0.5, 0.6) is 0 Å². The molecule has 0 unspecified atom stereocenters. The molecule has 2 N–H and O–H groups in total. The van der Waals surface area contributed by atoms with Crippen molar-refractivity contribution < 1.29 is 8.42 Å². The maximum absolute atomic E-state index is 12.1. The monoisotopic (exact) mass is 307 g/mol. The van der Waals surface area contributed by atoms with Gasteiger partial charge in [0.25, 0.3) is 10.0 Å². The maximum Gasteiger partial charge on any atom is 0.287 e. The molecule has 0 aliphatic carbocycles. The third-order valence-corrected chi connectivity index (χ3v) is 4.27. The van der Waals surface area contributed by atoms with Crippen LogP contribution in [0.3, 0.4) is 0 Å². The molecule has 2 aromatic rings. The Morgan fingerprint density at radius 3 is 2.60 bits per heavy atom. The van der Waals surface area contributed by atoms with Crippen LogP contribution in [0.2, 0.25) is 5.02 Å². The van der Waals surface area contributed by atoms with E-state index in [1.165, 1.54) is 6.07 Å². The smallest absolute Gasteiger partial charge is 0.287 e. The van der Waals surface area contributed by atoms with Gasteiger partial charge in [0.15, 0.2) is 0 Å². The molecule has 3 rings (SSSR count). The summed E-state index contributed by atoms with van der Waals surface area (Å²) in [7, 11) is -3.76. The number of nitrogens with zero attached hydrogens (tertiary/aromatic N) is 1. The molecule has 5 nitrogen and oxygen atoms in total. The van der Waals surface area contributed by atoms with Gasteiger partial charge in [0, 0.05) is 10.7 Å². The summed E-state index contributed by atoms with van der Waals surface area (Å²) in [4.78, 5) is 0.0728. The first-order chi connectivity index (χ1) is 9.54. The minimum atomic E-state index is -3.76. The highest BCUT2D eigenvalue weighted by Crippen LogP contribution is 2.29. The van der Waals surface area contributed by atoms with Gasteiger partial charge >= 0.3 is 0 Å². The number of guanidine groups is 1. The van der Waals surface area contributed by atoms with E-state index in [4.69, 9.17) is 11.6 Å². The molecule has 0 atom stereocenters. The first kappa shape index (κ1) is 13.0. The fourth-order valence-corrected chi connectivity index (χ4v) is 3.18. The number of fused-ring (bicyclic) bond motifs is 1. The molecule has 0 saturated carbocycles. The van der Waals surface area contributed by atoms with E-state index >= 15 is 0 Å². The van der Waals surface area contributed by atoms with Crippen molar-refractivity contribution in [3.63, 3.8) is 0 Å². The number of benzene rings is 2. The standard InChI is InChI=1S/C13H10ClN3O2S/c14-9-6-7-11-12(8-9)20(18,19)17-13(16-11)15-10-4-2-1-3-5-10/h1-8H,(H2,15,16,17). The molecule has 0 amide bonds. The summed E-state index contributed by atoms with van der Waals surface area (Å²) >= 11 is 5.81. The average Bonchev–Trinajstić information content (AvgIpc) is 2.40. The molecule has 7 heteroatoms. The van der Waals surface area contributed by atoms with Gasteiger partial charge in [0.05, 0.1) is 5.69 Å². The highest BCUT2D eigenvalue weighted by atomic mass is 35.5. The highest BCUT2D eigenvalue weighted by molar-refractivity contribution is 7.90. The molecule has 102 valence electrons. The number of nitrogens with one attached hydrogen (secondary N) is 2. The van der Waals surface area contributed by atoms with E-state index in [1.54, 1.807) is 12.1 Å². The zero-order valence-electron chi connectivity index (χ0n) is 10.2. The summed E-state index contributed by atoms with van der Waals surface area (Å²) in [5.41, 5.74) is 1.19. The van der Waals surface area contributed by atoms with Gasteiger partial charge in [-0.2, -0.15) is 8.42 Å². The van der Waals surface area contributed by atoms with E-state index in [9.17, 15) is 8.42 Å². The number of rotatable bonds is 1. The van der Waals surface area contributed by atoms with Gasteiger partial charge in [-0.25, -0.2) is 0 Å². The van der Waals surface area contributed by atoms with Gasteiger partial charge < -0.3 is 10.6 Å². The van der Waals surface area contributed by atoms with Crippen LogP contribution in [0.25, 0.3) is 0 Å². The molecule has 0 fully saturated rings. The maximum atomic E-state index is 12.1. The summed E-state index contributed by atoms with van der Waals surface area (Å²) in [6, 6.07) is 13.8. The van der Waals surface area contributed by atoms with Crippen molar-refractivity contribution in [2.24, 2.45) is 4.40 Å². The molecular weight excluding hydrogens is 298 g/mol. The quantitative estimate of drug-likeness (QED) is 0.850. The summed E-state index contributed by atoms with van der Waals surface area (Å²) in [6.07, 6.45) is 0. The summed E-state index contributed by atoms with van der Waals surface area (Å²) in [5, 5.41) is 6.20. The van der Waals surface area contributed by atoms with Crippen molar-refractivity contribution >= 4 is 39.0 Å². The lowest BCUT2D eigenvalue weighted by Gasteiger charge is -2.19. The van der Waals surface area contributed by atoms with Gasteiger partial charge in [-0.3, -0.25) is 0 Å². The van der Waals surface area contributed by atoms with Gasteiger partial charge in [-0.05, 0) is 30.3 Å². The number of para-hydroxylation sites is 1. The predicted octanol–water partition coefficient (Wildman–Crippen LogP) is 2.92. The molecule has 0 aromatic heterocycles. The molecule has 0 spiro atoms. The molecule has 1 aliphatic heterocycles. The number of halogens is 1. The van der Waals surface area contributed by atoms with Crippen molar-refractivity contribution in [2.75, 3.05) is 10.6 Å². The van der Waals surface area contributed by atoms with Crippen molar-refractivity contribution in [2.45, 2.75) is 4.90 Å². The van der Waals surface area contributed by atoms with E-state index in [1.807, 2.05) is 30.3 Å². The lowest BCUT2D eigenvalue weighted by atomic mass is 10.3. The van der Waals surface area contributed by atoms with Gasteiger partial charge in [-0.1, -0.05) is 29.8 Å². The zero-order valence-corrected chi connectivity index (χ0v) is 11.7. The summed E-state index contributed by atoms with van der Waals surface area (Å²) < 4.78 is 27.9. The second-order valence-corrected chi connectivity index (χ2v) is 6.18. The summed E-state index contributed by atoms with van der Waals surface area (Å²) in [6.45, 7) is 0. The van der Waals surface area contributed by atoms with Crippen LogP contribution in [0, 0.1) is 0 Å². The predicted molar refractivity (Wildman–Crippen MR) is 79.8 cm³/mol. The Morgan fingerprint density at radius 1 is 1.10 bits per heavy atom. The van der Waals surface area contributed by atoms with Gasteiger partial charge in [0.1, 0.15) is 4.90 Å². The lowest BCUT2D eigenvalue weighted by molar-refractivity contribution is 0.598. The highest BCUT2D eigenvalue weighted by Gasteiger charge is 2.25. The molecule has 2 aromatic carbocycles. The normalized spacial score (nSPS) is 15.8. The topological polar surface area (TPSA) is 70.6 Å². The molecular formula is C13H10ClN3O2S. The van der Waals surface area contributed by atoms with E-state index < -0.39 is 10.0 Å². The zero-order chi connectivity index (χ0) is 14.2. The van der Waals surface area contributed by atoms with E-state index in [-0.39, 0.29) is 10.9 Å². The van der Waals surface area contributed by atoms with Crippen LogP contribution in [-0.4, -0.2) is 14.4 Å². The van der Waals surface area contributed by atoms with Crippen LogP contribution in [0.15, 0.2) is 57.8 Å². The number of hydrogen-bond donors (Lipinski definition) is 2. The Hall–Kier alpha value is -2.05. The Bertz CT molecular complexity index is 789. The average molecular weight is 308 g/mol. The van der Waals surface area contributed by atoms with E-state index in [0.717, 1.165) is 5.69 Å². The molecule has 1 aliphatic rings. The van der Waals surface area contributed by atoms with Crippen LogP contribution >= 0.6 is 11.6 Å². The number of hydrogen-bond acceptors (Lipinski definition) is 4. The van der Waals surface area contributed by atoms with E-state index in [2.05, 4.69) is 15.0 Å². The minimum absolute atomic E-state index is 0.0728. The van der Waals surface area contributed by atoms with Crippen molar-refractivity contribution in [3.8, 4) is 0 Å². The number of anilines is 2. The van der Waals surface area contributed by atoms with Crippen molar-refractivity contribution in [3.05, 3.63) is 53.6 Å². The van der Waals surface area contributed by atoms with Crippen LogP contribution in [0.1, 0.15) is 0 Å². The third kappa shape index (κ3) is 2.48. The third-order valence-electron chi connectivity index (χ3n) is 2.72. The molecule has 20 heavy (non-hydrogen) atoms. The summed E-state index contributed by atoms with van der Waals surface area (Å²) in [5.74, 6) is 0.158. The first-order valence-corrected chi connectivity index (χ1v) is 7.60. The molecule has 0 saturated heterocycles. The van der Waals surface area contributed by atoms with Crippen LogP contribution in [0.4, 0.5) is 11.4 Å². The van der Waals surface area contributed by atoms with Crippen LogP contribution in [-0.2, 0) is 10.0 Å². The SMILES string of the molecule is O=S1(=O)N=C(Nc2ccccc2)Nc2ccc(Cl)cc21. The largest absolute Gasteiger partial charge is 0.325 e. The number of sulfonamides is 1. The second kappa shape index (κ2) is 4.81. The van der Waals surface area contributed by atoms with Gasteiger partial charge in [0.2, 0.25) is 5.96 Å². The fraction of sp³-hybridized carbons (Fsp3) is 0. The Kier molecular flexibility index (Phi) is 3.11. The second-order valence-electron chi connectivity index (χ2n) is 4.17. The lowest BCUT2D eigenvalue weighted by Crippen LogP contribution is -2.28.